The molecular weight excluding hydrogens is 412 g/mol. The monoisotopic (exact) mass is 426 g/mol. The number of esters is 1. The zero-order valence-electron chi connectivity index (χ0n) is 15.1. The minimum atomic E-state index is -0.600. The molecule has 0 fully saturated rings. The maximum Gasteiger partial charge on any atom is 0.379 e. The van der Waals surface area contributed by atoms with Gasteiger partial charge in [0.1, 0.15) is 5.75 Å². The van der Waals surface area contributed by atoms with Crippen molar-refractivity contribution in [2.45, 2.75) is 6.92 Å². The van der Waals surface area contributed by atoms with E-state index in [0.717, 1.165) is 10.1 Å². The standard InChI is InChI=1S/C19H14N4O4S2/c1-2-28-19-22-23-15(20)13(16(24)21-18(23)29-19)10-11-5-7-12(8-6-11)27-17(25)14-4-3-9-26-14/h3-10,20H,2H2,1H3/b13-10-,20-15?. The number of aliphatic imine (C=N–C) groups is 1. The number of nitrogens with zero attached hydrogens (tertiary/aromatic N) is 3. The van der Waals surface area contributed by atoms with Crippen LogP contribution in [0, 0.1) is 5.41 Å². The Hall–Kier alpha value is -3.11. The molecule has 2 aromatic rings. The highest BCUT2D eigenvalue weighted by atomic mass is 32.2. The van der Waals surface area contributed by atoms with E-state index in [1.54, 1.807) is 36.4 Å². The lowest BCUT2D eigenvalue weighted by Gasteiger charge is -2.20. The van der Waals surface area contributed by atoms with Crippen LogP contribution in [0.3, 0.4) is 0 Å². The van der Waals surface area contributed by atoms with Crippen LogP contribution in [0.5, 0.6) is 5.75 Å². The lowest BCUT2D eigenvalue weighted by Crippen LogP contribution is -2.35. The summed E-state index contributed by atoms with van der Waals surface area (Å²) in [6.45, 7) is 2.00. The van der Waals surface area contributed by atoms with Crippen molar-refractivity contribution in [3.63, 3.8) is 0 Å². The highest BCUT2D eigenvalue weighted by molar-refractivity contribution is 8.45. The molecule has 3 heterocycles. The van der Waals surface area contributed by atoms with Crippen LogP contribution in [-0.4, -0.2) is 38.0 Å². The number of rotatable bonds is 4. The van der Waals surface area contributed by atoms with Gasteiger partial charge in [0.05, 0.1) is 11.8 Å². The number of benzene rings is 1. The highest BCUT2D eigenvalue weighted by Crippen LogP contribution is 2.32. The van der Waals surface area contributed by atoms with E-state index in [0.29, 0.717) is 16.5 Å². The maximum atomic E-state index is 12.4. The summed E-state index contributed by atoms with van der Waals surface area (Å²) < 4.78 is 11.0. The molecule has 2 aliphatic heterocycles. The van der Waals surface area contributed by atoms with Crippen LogP contribution in [0.1, 0.15) is 23.0 Å². The van der Waals surface area contributed by atoms with Crippen molar-refractivity contribution in [2.24, 2.45) is 10.1 Å². The quantitative estimate of drug-likeness (QED) is 0.450. The molecule has 0 saturated carbocycles. The van der Waals surface area contributed by atoms with Gasteiger partial charge in [-0.1, -0.05) is 30.8 Å². The fourth-order valence-electron chi connectivity index (χ4n) is 2.51. The molecule has 0 saturated heterocycles. The van der Waals surface area contributed by atoms with E-state index in [9.17, 15) is 9.59 Å². The number of amidine groups is 2. The SMILES string of the molecule is CCSC1=NN2C(=N)/C(=C/c3ccc(OC(=O)c4ccco4)cc3)C(=O)N=C2S1. The predicted molar refractivity (Wildman–Crippen MR) is 113 cm³/mol. The Morgan fingerprint density at radius 1 is 1.34 bits per heavy atom. The third-order valence-electron chi connectivity index (χ3n) is 3.83. The second-order valence-corrected chi connectivity index (χ2v) is 8.22. The van der Waals surface area contributed by atoms with E-state index in [1.165, 1.54) is 40.9 Å². The first-order valence-corrected chi connectivity index (χ1v) is 10.3. The minimum Gasteiger partial charge on any atom is -0.457 e. The number of amides is 1. The predicted octanol–water partition coefficient (Wildman–Crippen LogP) is 3.83. The van der Waals surface area contributed by atoms with Gasteiger partial charge in [0.15, 0.2) is 10.2 Å². The van der Waals surface area contributed by atoms with E-state index in [1.807, 2.05) is 6.92 Å². The summed E-state index contributed by atoms with van der Waals surface area (Å²) in [5.74, 6) is 0.176. The Balaban J connectivity index is 1.51. The van der Waals surface area contributed by atoms with Crippen LogP contribution >= 0.6 is 23.5 Å². The Bertz CT molecular complexity index is 1070. The Labute approximate surface area is 174 Å². The van der Waals surface area contributed by atoms with Gasteiger partial charge in [-0.05, 0) is 53.4 Å². The molecule has 4 rings (SSSR count). The molecule has 29 heavy (non-hydrogen) atoms. The molecule has 1 aromatic heterocycles. The summed E-state index contributed by atoms with van der Waals surface area (Å²) in [6.07, 6.45) is 2.96. The van der Waals surface area contributed by atoms with Crippen LogP contribution in [0.2, 0.25) is 0 Å². The third kappa shape index (κ3) is 4.03. The van der Waals surface area contributed by atoms with Crippen molar-refractivity contribution in [2.75, 3.05) is 5.75 Å². The molecule has 0 unspecified atom stereocenters. The van der Waals surface area contributed by atoms with Crippen LogP contribution < -0.4 is 4.74 Å². The van der Waals surface area contributed by atoms with Gasteiger partial charge in [-0.3, -0.25) is 10.2 Å². The highest BCUT2D eigenvalue weighted by Gasteiger charge is 2.35. The second-order valence-electron chi connectivity index (χ2n) is 5.75. The van der Waals surface area contributed by atoms with Crippen molar-refractivity contribution in [1.29, 1.82) is 5.41 Å². The first-order valence-electron chi connectivity index (χ1n) is 8.54. The summed E-state index contributed by atoms with van der Waals surface area (Å²) in [5.41, 5.74) is 0.801. The molecule has 2 aliphatic rings. The summed E-state index contributed by atoms with van der Waals surface area (Å²) in [6, 6.07) is 9.66. The molecule has 0 aliphatic carbocycles. The Morgan fingerprint density at radius 3 is 2.83 bits per heavy atom. The van der Waals surface area contributed by atoms with E-state index in [2.05, 4.69) is 10.1 Å². The Kier molecular flexibility index (Phi) is 5.36. The number of carbonyl (C=O) groups is 2. The zero-order valence-corrected chi connectivity index (χ0v) is 16.8. The molecule has 1 N–H and O–H groups in total. The fraction of sp³-hybridized carbons (Fsp3) is 0.105. The van der Waals surface area contributed by atoms with Crippen molar-refractivity contribution in [3.05, 3.63) is 59.6 Å². The molecule has 0 radical (unpaired) electrons. The van der Waals surface area contributed by atoms with E-state index >= 15 is 0 Å². The van der Waals surface area contributed by atoms with Gasteiger partial charge in [-0.2, -0.15) is 10.0 Å². The molecule has 10 heteroatoms. The number of ether oxygens (including phenoxy) is 1. The minimum absolute atomic E-state index is 0.0208. The molecule has 146 valence electrons. The van der Waals surface area contributed by atoms with Crippen LogP contribution in [-0.2, 0) is 4.79 Å². The lowest BCUT2D eigenvalue weighted by molar-refractivity contribution is -0.114. The van der Waals surface area contributed by atoms with Gasteiger partial charge in [-0.15, -0.1) is 5.10 Å². The number of carbonyl (C=O) groups excluding carboxylic acids is 2. The van der Waals surface area contributed by atoms with Crippen LogP contribution in [0.4, 0.5) is 0 Å². The van der Waals surface area contributed by atoms with Crippen LogP contribution in [0.25, 0.3) is 6.08 Å². The smallest absolute Gasteiger partial charge is 0.379 e. The van der Waals surface area contributed by atoms with E-state index in [4.69, 9.17) is 14.6 Å². The van der Waals surface area contributed by atoms with Crippen molar-refractivity contribution in [3.8, 4) is 5.75 Å². The largest absolute Gasteiger partial charge is 0.457 e. The van der Waals surface area contributed by atoms with Gasteiger partial charge in [0.25, 0.3) is 5.91 Å². The average molecular weight is 426 g/mol. The van der Waals surface area contributed by atoms with Gasteiger partial charge in [0.2, 0.25) is 10.9 Å². The number of fused-ring (bicyclic) bond motifs is 1. The number of hydrazone groups is 1. The number of hydrogen-bond donors (Lipinski definition) is 1. The summed E-state index contributed by atoms with van der Waals surface area (Å²) in [5, 5.41) is 14.4. The van der Waals surface area contributed by atoms with Gasteiger partial charge < -0.3 is 9.15 Å². The lowest BCUT2D eigenvalue weighted by atomic mass is 10.1. The fourth-order valence-corrected chi connectivity index (χ4v) is 4.33. The molecule has 1 amide bonds. The second kappa shape index (κ2) is 8.10. The molecule has 0 atom stereocenters. The summed E-state index contributed by atoms with van der Waals surface area (Å²) >= 11 is 2.82. The van der Waals surface area contributed by atoms with E-state index in [-0.39, 0.29) is 17.2 Å². The molecular formula is C19H14N4O4S2. The van der Waals surface area contributed by atoms with Gasteiger partial charge >= 0.3 is 5.97 Å². The first kappa shape index (κ1) is 19.2. The normalized spacial score (nSPS) is 17.3. The first-order chi connectivity index (χ1) is 14.0. The summed E-state index contributed by atoms with van der Waals surface area (Å²) in [7, 11) is 0. The van der Waals surface area contributed by atoms with Crippen molar-refractivity contribution < 1.29 is 18.7 Å². The number of hydrogen-bond acceptors (Lipinski definition) is 8. The van der Waals surface area contributed by atoms with Crippen molar-refractivity contribution >= 4 is 56.9 Å². The number of nitrogens with one attached hydrogen (secondary N) is 1. The van der Waals surface area contributed by atoms with E-state index < -0.39 is 11.9 Å². The number of thioether (sulfide) groups is 2. The van der Waals surface area contributed by atoms with Gasteiger partial charge in [-0.25, -0.2) is 4.79 Å². The third-order valence-corrected chi connectivity index (χ3v) is 5.75. The Morgan fingerprint density at radius 2 is 2.14 bits per heavy atom. The summed E-state index contributed by atoms with van der Waals surface area (Å²) in [4.78, 5) is 28.3. The van der Waals surface area contributed by atoms with Crippen LogP contribution in [0.15, 0.2) is 62.7 Å². The average Bonchev–Trinajstić information content (AvgIpc) is 3.37. The molecule has 1 aromatic carbocycles. The molecule has 0 bridgehead atoms. The zero-order chi connectivity index (χ0) is 20.4. The number of furan rings is 1. The maximum absolute atomic E-state index is 12.4. The molecule has 8 nitrogen and oxygen atoms in total. The molecule has 0 spiro atoms. The topological polar surface area (TPSA) is 108 Å². The van der Waals surface area contributed by atoms with Gasteiger partial charge in [0, 0.05) is 0 Å². The van der Waals surface area contributed by atoms with Crippen molar-refractivity contribution in [1.82, 2.24) is 5.01 Å².